The van der Waals surface area contributed by atoms with Crippen molar-refractivity contribution < 1.29 is 4.74 Å². The molecule has 4 nitrogen and oxygen atoms in total. The molecular weight excluding hydrogens is 252 g/mol. The van der Waals surface area contributed by atoms with Crippen molar-refractivity contribution in [2.75, 3.05) is 7.11 Å². The molecule has 0 aliphatic heterocycles. The lowest BCUT2D eigenvalue weighted by Crippen LogP contribution is -2.13. The Hall–Kier alpha value is -2.75. The molecule has 0 saturated carbocycles. The van der Waals surface area contributed by atoms with Crippen LogP contribution >= 0.6 is 0 Å². The predicted octanol–water partition coefficient (Wildman–Crippen LogP) is 2.84. The number of nitrogens with one attached hydrogen (secondary N) is 1. The summed E-state index contributed by atoms with van der Waals surface area (Å²) >= 11 is 0. The summed E-state index contributed by atoms with van der Waals surface area (Å²) in [7, 11) is 1.65. The number of hydrogen-bond donors (Lipinski definition) is 1. The molecule has 0 spiro atoms. The molecule has 0 aliphatic rings. The number of methoxy groups -OCH3 is 1. The molecule has 0 radical (unpaired) electrons. The maximum absolute atomic E-state index is 11.5. The van der Waals surface area contributed by atoms with Crippen LogP contribution in [0.4, 0.5) is 0 Å². The van der Waals surface area contributed by atoms with E-state index in [-0.39, 0.29) is 5.69 Å². The molecule has 0 unspecified atom stereocenters. The third kappa shape index (κ3) is 2.23. The van der Waals surface area contributed by atoms with Gasteiger partial charge in [-0.1, -0.05) is 24.3 Å². The molecule has 0 atom stereocenters. The van der Waals surface area contributed by atoms with Crippen LogP contribution in [0, 0.1) is 0 Å². The average molecular weight is 266 g/mol. The van der Waals surface area contributed by atoms with Gasteiger partial charge in [-0.2, -0.15) is 0 Å². The Balaban J connectivity index is 1.97. The molecule has 0 saturated heterocycles. The third-order valence-electron chi connectivity index (χ3n) is 3.20. The highest BCUT2D eigenvalue weighted by atomic mass is 16.5. The van der Waals surface area contributed by atoms with Crippen LogP contribution in [0.2, 0.25) is 0 Å². The van der Waals surface area contributed by atoms with Crippen LogP contribution in [0.5, 0.6) is 5.75 Å². The van der Waals surface area contributed by atoms with Crippen LogP contribution in [0.3, 0.4) is 0 Å². The number of hydrogen-bond acceptors (Lipinski definition) is 2. The maximum Gasteiger partial charge on any atom is 0.330 e. The van der Waals surface area contributed by atoms with E-state index in [1.54, 1.807) is 24.1 Å². The van der Waals surface area contributed by atoms with Gasteiger partial charge in [0.05, 0.1) is 12.8 Å². The molecule has 1 N–H and O–H groups in total. The molecule has 0 amide bonds. The van der Waals surface area contributed by atoms with Crippen LogP contribution in [0.25, 0.3) is 16.8 Å². The molecule has 3 rings (SSSR count). The topological polar surface area (TPSA) is 47.0 Å². The number of rotatable bonds is 3. The Morgan fingerprint density at radius 2 is 1.85 bits per heavy atom. The molecule has 2 aromatic carbocycles. The van der Waals surface area contributed by atoms with Gasteiger partial charge >= 0.3 is 5.69 Å². The van der Waals surface area contributed by atoms with Crippen molar-refractivity contribution in [2.45, 2.75) is 0 Å². The van der Waals surface area contributed by atoms with Crippen LogP contribution in [-0.4, -0.2) is 16.7 Å². The van der Waals surface area contributed by atoms with Gasteiger partial charge in [0.25, 0.3) is 0 Å². The first-order valence-corrected chi connectivity index (χ1v) is 6.29. The van der Waals surface area contributed by atoms with Crippen molar-refractivity contribution >= 4 is 0 Å². The first kappa shape index (κ1) is 12.3. The first-order valence-electron chi connectivity index (χ1n) is 6.29. The lowest BCUT2D eigenvalue weighted by Gasteiger charge is -2.06. The smallest absolute Gasteiger partial charge is 0.330 e. The van der Waals surface area contributed by atoms with Gasteiger partial charge in [0.2, 0.25) is 0 Å². The number of H-pyrrole nitrogens is 1. The highest BCUT2D eigenvalue weighted by molar-refractivity contribution is 5.66. The molecule has 4 heteroatoms. The van der Waals surface area contributed by atoms with Crippen molar-refractivity contribution in [3.8, 4) is 22.6 Å². The van der Waals surface area contributed by atoms with Crippen LogP contribution in [0.1, 0.15) is 0 Å². The van der Waals surface area contributed by atoms with Crippen LogP contribution in [0.15, 0.2) is 65.7 Å². The lowest BCUT2D eigenvalue weighted by molar-refractivity contribution is 0.415. The normalized spacial score (nSPS) is 10.4. The minimum Gasteiger partial charge on any atom is -0.497 e. The van der Waals surface area contributed by atoms with Crippen molar-refractivity contribution in [1.82, 2.24) is 9.55 Å². The SMILES string of the molecule is COc1cccc(-c2ccc(-n3cc[nH]c3=O)cc2)c1. The molecule has 3 aromatic rings. The van der Waals surface area contributed by atoms with Crippen molar-refractivity contribution in [1.29, 1.82) is 0 Å². The summed E-state index contributed by atoms with van der Waals surface area (Å²) in [6, 6.07) is 15.7. The van der Waals surface area contributed by atoms with E-state index in [1.807, 2.05) is 48.5 Å². The minimum absolute atomic E-state index is 0.140. The summed E-state index contributed by atoms with van der Waals surface area (Å²) in [4.78, 5) is 14.2. The zero-order valence-electron chi connectivity index (χ0n) is 11.0. The van der Waals surface area contributed by atoms with E-state index >= 15 is 0 Å². The van der Waals surface area contributed by atoms with Gasteiger partial charge in [0, 0.05) is 12.4 Å². The van der Waals surface area contributed by atoms with Crippen molar-refractivity contribution in [2.24, 2.45) is 0 Å². The molecule has 0 fully saturated rings. The number of ether oxygens (including phenoxy) is 1. The van der Waals surface area contributed by atoms with E-state index in [0.717, 1.165) is 22.6 Å². The quantitative estimate of drug-likeness (QED) is 0.792. The second-order valence-corrected chi connectivity index (χ2v) is 4.41. The second kappa shape index (κ2) is 5.09. The van der Waals surface area contributed by atoms with Crippen molar-refractivity contribution in [3.05, 3.63) is 71.4 Å². The zero-order chi connectivity index (χ0) is 13.9. The van der Waals surface area contributed by atoms with Gasteiger partial charge in [0.15, 0.2) is 0 Å². The fraction of sp³-hybridized carbons (Fsp3) is 0.0625. The van der Waals surface area contributed by atoms with Gasteiger partial charge in [0.1, 0.15) is 5.75 Å². The number of benzene rings is 2. The Bertz CT molecular complexity index is 769. The van der Waals surface area contributed by atoms with Gasteiger partial charge in [-0.25, -0.2) is 4.79 Å². The van der Waals surface area contributed by atoms with E-state index in [1.165, 1.54) is 0 Å². The zero-order valence-corrected chi connectivity index (χ0v) is 11.0. The first-order chi connectivity index (χ1) is 9.78. The lowest BCUT2D eigenvalue weighted by atomic mass is 10.1. The van der Waals surface area contributed by atoms with Gasteiger partial charge in [-0.15, -0.1) is 0 Å². The molecule has 20 heavy (non-hydrogen) atoms. The summed E-state index contributed by atoms with van der Waals surface area (Å²) in [5.74, 6) is 0.827. The molecule has 1 aromatic heterocycles. The monoisotopic (exact) mass is 266 g/mol. The Morgan fingerprint density at radius 3 is 2.50 bits per heavy atom. The van der Waals surface area contributed by atoms with Crippen LogP contribution in [-0.2, 0) is 0 Å². The van der Waals surface area contributed by atoms with Crippen molar-refractivity contribution in [3.63, 3.8) is 0 Å². The Morgan fingerprint density at radius 1 is 1.05 bits per heavy atom. The highest BCUT2D eigenvalue weighted by Gasteiger charge is 2.02. The standard InChI is InChI=1S/C16H14N2O2/c1-20-15-4-2-3-13(11-15)12-5-7-14(8-6-12)18-10-9-17-16(18)19/h2-11H,1H3,(H,17,19). The summed E-state index contributed by atoms with van der Waals surface area (Å²) in [6.45, 7) is 0. The number of imidazole rings is 1. The maximum atomic E-state index is 11.5. The number of aromatic nitrogens is 2. The average Bonchev–Trinajstić information content (AvgIpc) is 2.94. The fourth-order valence-electron chi connectivity index (χ4n) is 2.14. The fourth-order valence-corrected chi connectivity index (χ4v) is 2.14. The Labute approximate surface area is 116 Å². The van der Waals surface area contributed by atoms with Crippen LogP contribution < -0.4 is 10.4 Å². The summed E-state index contributed by atoms with van der Waals surface area (Å²) in [5, 5.41) is 0. The number of aromatic amines is 1. The molecular formula is C16H14N2O2. The third-order valence-corrected chi connectivity index (χ3v) is 3.20. The van der Waals surface area contributed by atoms with E-state index < -0.39 is 0 Å². The molecule has 100 valence electrons. The van der Waals surface area contributed by atoms with E-state index in [2.05, 4.69) is 4.98 Å². The summed E-state index contributed by atoms with van der Waals surface area (Å²) in [5.41, 5.74) is 2.86. The number of nitrogens with zero attached hydrogens (tertiary/aromatic N) is 1. The van der Waals surface area contributed by atoms with Gasteiger partial charge in [-0.05, 0) is 35.4 Å². The second-order valence-electron chi connectivity index (χ2n) is 4.41. The largest absolute Gasteiger partial charge is 0.497 e. The van der Waals surface area contributed by atoms with E-state index in [0.29, 0.717) is 0 Å². The summed E-state index contributed by atoms with van der Waals surface area (Å²) in [6.07, 6.45) is 3.33. The van der Waals surface area contributed by atoms with Gasteiger partial charge in [-0.3, -0.25) is 4.57 Å². The Kier molecular flexibility index (Phi) is 3.13. The van der Waals surface area contributed by atoms with E-state index in [4.69, 9.17) is 4.74 Å². The molecule has 1 heterocycles. The highest BCUT2D eigenvalue weighted by Crippen LogP contribution is 2.24. The van der Waals surface area contributed by atoms with E-state index in [9.17, 15) is 4.79 Å². The van der Waals surface area contributed by atoms with Gasteiger partial charge < -0.3 is 9.72 Å². The predicted molar refractivity (Wildman–Crippen MR) is 78.4 cm³/mol. The molecule has 0 bridgehead atoms. The molecule has 0 aliphatic carbocycles. The summed E-state index contributed by atoms with van der Waals surface area (Å²) < 4.78 is 6.79. The minimum atomic E-state index is -0.140.